The summed E-state index contributed by atoms with van der Waals surface area (Å²) in [6, 6.07) is 1.85. The first-order valence-electron chi connectivity index (χ1n) is 3.29. The van der Waals surface area contributed by atoms with Crippen LogP contribution >= 0.6 is 0 Å². The molecule has 1 aromatic rings. The molecule has 0 atom stereocenters. The summed E-state index contributed by atoms with van der Waals surface area (Å²) >= 11 is 0. The van der Waals surface area contributed by atoms with E-state index in [9.17, 15) is 13.2 Å². The maximum absolute atomic E-state index is 10.6. The minimum absolute atomic E-state index is 0.106. The lowest BCUT2D eigenvalue weighted by molar-refractivity contribution is 0.0690. The van der Waals surface area contributed by atoms with Crippen LogP contribution < -0.4 is 5.73 Å². The Bertz CT molecular complexity index is 481. The van der Waals surface area contributed by atoms with E-state index in [1.807, 2.05) is 0 Å². The zero-order valence-electron chi connectivity index (χ0n) is 6.71. The van der Waals surface area contributed by atoms with E-state index in [4.69, 9.17) is 15.4 Å². The first kappa shape index (κ1) is 10.4. The van der Waals surface area contributed by atoms with Crippen LogP contribution in [0.1, 0.15) is 10.5 Å². The molecule has 0 aliphatic heterocycles. The molecule has 0 bridgehead atoms. The Balaban J connectivity index is 3.43. The molecule has 0 spiro atoms. The molecule has 0 saturated heterocycles. The first-order valence-corrected chi connectivity index (χ1v) is 4.73. The number of rotatable bonds is 2. The number of nitrogen functional groups attached to an aromatic ring is 1. The van der Waals surface area contributed by atoms with Crippen LogP contribution in [0.5, 0.6) is 0 Å². The number of anilines is 1. The minimum atomic E-state index is -4.54. The van der Waals surface area contributed by atoms with Gasteiger partial charge in [-0.25, -0.2) is 9.78 Å². The molecule has 0 saturated carbocycles. The number of hydrogen-bond acceptors (Lipinski definition) is 5. The van der Waals surface area contributed by atoms with Gasteiger partial charge in [0.2, 0.25) is 0 Å². The zero-order chi connectivity index (χ0) is 10.9. The summed E-state index contributed by atoms with van der Waals surface area (Å²) in [5.41, 5.74) is 4.56. The normalized spacial score (nSPS) is 11.2. The van der Waals surface area contributed by atoms with Crippen molar-refractivity contribution in [1.29, 1.82) is 0 Å². The number of hydrogen-bond donors (Lipinski definition) is 3. The van der Waals surface area contributed by atoms with Gasteiger partial charge >= 0.3 is 16.1 Å². The van der Waals surface area contributed by atoms with Crippen LogP contribution in [0.25, 0.3) is 0 Å². The number of carboxylic acid groups (broad SMARTS) is 1. The molecule has 0 amide bonds. The molecule has 0 aromatic carbocycles. The summed E-state index contributed by atoms with van der Waals surface area (Å²) < 4.78 is 29.8. The lowest BCUT2D eigenvalue weighted by Crippen LogP contribution is -2.08. The van der Waals surface area contributed by atoms with E-state index in [2.05, 4.69) is 4.98 Å². The topological polar surface area (TPSA) is 131 Å². The molecule has 76 valence electrons. The monoisotopic (exact) mass is 218 g/mol. The fourth-order valence-corrected chi connectivity index (χ4v) is 1.27. The molecule has 8 heteroatoms. The highest BCUT2D eigenvalue weighted by Gasteiger charge is 2.16. The summed E-state index contributed by atoms with van der Waals surface area (Å²) in [5.74, 6) is -1.43. The van der Waals surface area contributed by atoms with Crippen LogP contribution in [0.15, 0.2) is 17.2 Å². The van der Waals surface area contributed by atoms with E-state index in [-0.39, 0.29) is 5.69 Å². The molecule has 1 heterocycles. The molecule has 1 rings (SSSR count). The maximum Gasteiger partial charge on any atom is 0.354 e. The predicted molar refractivity (Wildman–Crippen MR) is 45.4 cm³/mol. The van der Waals surface area contributed by atoms with Crippen molar-refractivity contribution < 1.29 is 22.9 Å². The SMILES string of the molecule is Nc1cc(C(=O)O)nc(S(=O)(=O)O)c1. The second kappa shape index (κ2) is 3.24. The van der Waals surface area contributed by atoms with Crippen LogP contribution in [0.4, 0.5) is 5.69 Å². The summed E-state index contributed by atoms with van der Waals surface area (Å²) in [4.78, 5) is 13.6. The number of carbonyl (C=O) groups is 1. The zero-order valence-corrected chi connectivity index (χ0v) is 7.52. The van der Waals surface area contributed by atoms with Gasteiger partial charge in [-0.05, 0) is 6.07 Å². The molecular formula is C6H6N2O5S. The number of nitrogens with zero attached hydrogens (tertiary/aromatic N) is 1. The quantitative estimate of drug-likeness (QED) is 0.576. The molecule has 0 aliphatic rings. The highest BCUT2D eigenvalue weighted by molar-refractivity contribution is 7.85. The van der Waals surface area contributed by atoms with Crippen LogP contribution in [-0.2, 0) is 10.1 Å². The number of aromatic nitrogens is 1. The Morgan fingerprint density at radius 2 is 2.00 bits per heavy atom. The molecular weight excluding hydrogens is 212 g/mol. The lowest BCUT2D eigenvalue weighted by atomic mass is 10.3. The summed E-state index contributed by atoms with van der Waals surface area (Å²) in [7, 11) is -4.54. The fraction of sp³-hybridized carbons (Fsp3) is 0. The molecule has 0 unspecified atom stereocenters. The molecule has 0 radical (unpaired) electrons. The third-order valence-electron chi connectivity index (χ3n) is 1.31. The average molecular weight is 218 g/mol. The van der Waals surface area contributed by atoms with E-state index >= 15 is 0 Å². The van der Waals surface area contributed by atoms with E-state index in [1.165, 1.54) is 0 Å². The molecule has 1 aromatic heterocycles. The van der Waals surface area contributed by atoms with Crippen molar-refractivity contribution in [3.8, 4) is 0 Å². The van der Waals surface area contributed by atoms with Gasteiger partial charge in [0.05, 0.1) is 0 Å². The van der Waals surface area contributed by atoms with E-state index < -0.39 is 26.8 Å². The second-order valence-electron chi connectivity index (χ2n) is 2.40. The van der Waals surface area contributed by atoms with Crippen LogP contribution in [0, 0.1) is 0 Å². The summed E-state index contributed by atoms with van der Waals surface area (Å²) in [5, 5.41) is 7.72. The van der Waals surface area contributed by atoms with Crippen molar-refractivity contribution in [3.63, 3.8) is 0 Å². The third kappa shape index (κ3) is 2.18. The van der Waals surface area contributed by atoms with Crippen molar-refractivity contribution >= 4 is 21.8 Å². The second-order valence-corrected chi connectivity index (χ2v) is 3.77. The highest BCUT2D eigenvalue weighted by atomic mass is 32.2. The Labute approximate surface area is 78.9 Å². The van der Waals surface area contributed by atoms with Crippen molar-refractivity contribution in [1.82, 2.24) is 4.98 Å². The Kier molecular flexibility index (Phi) is 2.41. The van der Waals surface area contributed by atoms with Gasteiger partial charge in [-0.2, -0.15) is 8.42 Å². The average Bonchev–Trinajstić information content (AvgIpc) is 2.01. The predicted octanol–water partition coefficient (Wildman–Crippen LogP) is -0.391. The molecule has 0 fully saturated rings. The Hall–Kier alpha value is -1.67. The Morgan fingerprint density at radius 1 is 1.43 bits per heavy atom. The summed E-state index contributed by atoms with van der Waals surface area (Å²) in [6.07, 6.45) is 0. The van der Waals surface area contributed by atoms with Gasteiger partial charge in [0.25, 0.3) is 0 Å². The largest absolute Gasteiger partial charge is 0.477 e. The van der Waals surface area contributed by atoms with Gasteiger partial charge in [0.1, 0.15) is 0 Å². The highest BCUT2D eigenvalue weighted by Crippen LogP contribution is 2.12. The van der Waals surface area contributed by atoms with Crippen molar-refractivity contribution in [2.45, 2.75) is 5.03 Å². The number of nitrogens with two attached hydrogens (primary N) is 1. The smallest absolute Gasteiger partial charge is 0.354 e. The van der Waals surface area contributed by atoms with Crippen molar-refractivity contribution in [2.24, 2.45) is 0 Å². The van der Waals surface area contributed by atoms with Gasteiger partial charge in [-0.1, -0.05) is 0 Å². The molecule has 4 N–H and O–H groups in total. The fourth-order valence-electron chi connectivity index (χ4n) is 0.767. The molecule has 0 aliphatic carbocycles. The number of carboxylic acids is 1. The van der Waals surface area contributed by atoms with E-state index in [1.54, 1.807) is 0 Å². The van der Waals surface area contributed by atoms with Gasteiger partial charge in [-0.3, -0.25) is 4.55 Å². The molecule has 14 heavy (non-hydrogen) atoms. The van der Waals surface area contributed by atoms with Crippen molar-refractivity contribution in [3.05, 3.63) is 17.8 Å². The first-order chi connectivity index (χ1) is 6.30. The standard InChI is InChI=1S/C6H6N2O5S/c7-3-1-4(6(9)10)8-5(2-3)14(11,12)13/h1-2H,(H2,7,8)(H,9,10)(H,11,12,13). The van der Waals surface area contributed by atoms with Crippen molar-refractivity contribution in [2.75, 3.05) is 5.73 Å². The van der Waals surface area contributed by atoms with Crippen LogP contribution in [-0.4, -0.2) is 29.0 Å². The van der Waals surface area contributed by atoms with Gasteiger partial charge in [-0.15, -0.1) is 0 Å². The minimum Gasteiger partial charge on any atom is -0.477 e. The van der Waals surface area contributed by atoms with Crippen LogP contribution in [0.2, 0.25) is 0 Å². The van der Waals surface area contributed by atoms with Gasteiger partial charge in [0, 0.05) is 11.8 Å². The van der Waals surface area contributed by atoms with Gasteiger partial charge < -0.3 is 10.8 Å². The van der Waals surface area contributed by atoms with Crippen LogP contribution in [0.3, 0.4) is 0 Å². The number of pyridine rings is 1. The van der Waals surface area contributed by atoms with E-state index in [0.29, 0.717) is 0 Å². The number of aromatic carboxylic acids is 1. The lowest BCUT2D eigenvalue weighted by Gasteiger charge is -2.00. The third-order valence-corrected chi connectivity index (χ3v) is 2.05. The van der Waals surface area contributed by atoms with E-state index in [0.717, 1.165) is 12.1 Å². The Morgan fingerprint density at radius 3 is 2.43 bits per heavy atom. The molecule has 7 nitrogen and oxygen atoms in total. The maximum atomic E-state index is 10.6. The van der Waals surface area contributed by atoms with Gasteiger partial charge in [0.15, 0.2) is 10.7 Å². The summed E-state index contributed by atoms with van der Waals surface area (Å²) in [6.45, 7) is 0.